The van der Waals surface area contributed by atoms with E-state index in [9.17, 15) is 0 Å². The van der Waals surface area contributed by atoms with Crippen molar-refractivity contribution in [2.75, 3.05) is 24.7 Å². The Balaban J connectivity index is 0.00000242. The summed E-state index contributed by atoms with van der Waals surface area (Å²) in [4.78, 5) is 8.52. The lowest BCUT2D eigenvalue weighted by molar-refractivity contribution is 0.415. The zero-order valence-electron chi connectivity index (χ0n) is 12.2. The average Bonchev–Trinajstić information content (AvgIpc) is 3.00. The predicted molar refractivity (Wildman–Crippen MR) is 106 cm³/mol. The number of nitrogens with one attached hydrogen (secondary N) is 1. The Hall–Kier alpha value is -1.00. The number of methoxy groups -OCH3 is 1. The molecule has 0 saturated carbocycles. The zero-order chi connectivity index (χ0) is 14.9. The minimum absolute atomic E-state index is 0. The Morgan fingerprint density at radius 2 is 2.36 bits per heavy atom. The molecular weight excluding hydrogens is 431 g/mol. The molecule has 0 atom stereocenters. The Bertz CT molecular complexity index is 578. The molecule has 22 heavy (non-hydrogen) atoms. The first kappa shape index (κ1) is 19.0. The van der Waals surface area contributed by atoms with Gasteiger partial charge in [0.25, 0.3) is 0 Å². The number of nitrogens with two attached hydrogens (primary N) is 1. The van der Waals surface area contributed by atoms with Gasteiger partial charge in [0.2, 0.25) is 0 Å². The zero-order valence-corrected chi connectivity index (χ0v) is 16.2. The van der Waals surface area contributed by atoms with Crippen LogP contribution in [0.15, 0.2) is 45.2 Å². The minimum Gasteiger partial charge on any atom is -0.497 e. The average molecular weight is 450 g/mol. The number of halogens is 1. The van der Waals surface area contributed by atoms with Gasteiger partial charge in [0.1, 0.15) is 10.1 Å². The van der Waals surface area contributed by atoms with Crippen molar-refractivity contribution in [3.05, 3.63) is 35.8 Å². The molecule has 1 heterocycles. The van der Waals surface area contributed by atoms with Crippen molar-refractivity contribution in [1.29, 1.82) is 0 Å². The molecular formula is C14H19IN4OS2. The molecule has 0 aliphatic carbocycles. The minimum atomic E-state index is 0. The van der Waals surface area contributed by atoms with Crippen molar-refractivity contribution in [1.82, 2.24) is 4.98 Å². The van der Waals surface area contributed by atoms with Crippen LogP contribution in [0.3, 0.4) is 0 Å². The first-order valence-electron chi connectivity index (χ1n) is 6.51. The summed E-state index contributed by atoms with van der Waals surface area (Å²) in [7, 11) is 1.64. The Labute approximate surface area is 155 Å². The number of ether oxygens (including phenoxy) is 1. The molecule has 0 amide bonds. The molecule has 0 unspecified atom stereocenters. The molecule has 0 fully saturated rings. The summed E-state index contributed by atoms with van der Waals surface area (Å²) in [6, 6.07) is 7.58. The number of benzene rings is 1. The maximum Gasteiger partial charge on any atom is 0.193 e. The normalized spacial score (nSPS) is 10.9. The lowest BCUT2D eigenvalue weighted by Gasteiger charge is -2.07. The smallest absolute Gasteiger partial charge is 0.193 e. The third-order valence-electron chi connectivity index (χ3n) is 2.56. The van der Waals surface area contributed by atoms with E-state index in [2.05, 4.69) is 15.3 Å². The molecule has 1 aromatic carbocycles. The molecule has 0 spiro atoms. The molecule has 5 nitrogen and oxygen atoms in total. The van der Waals surface area contributed by atoms with Crippen molar-refractivity contribution in [2.45, 2.75) is 10.8 Å². The van der Waals surface area contributed by atoms with Gasteiger partial charge >= 0.3 is 0 Å². The molecule has 3 N–H and O–H groups in total. The molecule has 0 bridgehead atoms. The van der Waals surface area contributed by atoms with Crippen LogP contribution < -0.4 is 15.8 Å². The summed E-state index contributed by atoms with van der Waals surface area (Å²) in [6.45, 7) is 0.696. The number of aliphatic imine (C=N–C) groups is 1. The molecule has 2 aromatic rings. The highest BCUT2D eigenvalue weighted by Gasteiger charge is 1.98. The number of hydrogen-bond donors (Lipinski definition) is 2. The fraction of sp³-hybridized carbons (Fsp3) is 0.286. The van der Waals surface area contributed by atoms with Crippen LogP contribution in [0.1, 0.15) is 6.42 Å². The third-order valence-corrected chi connectivity index (χ3v) is 4.61. The SMILES string of the molecule is COc1cccc(NC(N)=NCCCSc2nccs2)c1.I. The van der Waals surface area contributed by atoms with Gasteiger partial charge < -0.3 is 15.8 Å². The van der Waals surface area contributed by atoms with E-state index in [0.717, 1.165) is 28.0 Å². The number of rotatable bonds is 7. The van der Waals surface area contributed by atoms with Gasteiger partial charge in [-0.2, -0.15) is 0 Å². The Morgan fingerprint density at radius 3 is 3.09 bits per heavy atom. The molecule has 120 valence electrons. The monoisotopic (exact) mass is 450 g/mol. The molecule has 0 aliphatic rings. The fourth-order valence-corrected chi connectivity index (χ4v) is 3.23. The summed E-state index contributed by atoms with van der Waals surface area (Å²) in [5.41, 5.74) is 6.72. The number of guanidine groups is 1. The van der Waals surface area contributed by atoms with E-state index in [0.29, 0.717) is 12.5 Å². The quantitative estimate of drug-likeness (QED) is 0.221. The van der Waals surface area contributed by atoms with Crippen LogP contribution in [0, 0.1) is 0 Å². The lowest BCUT2D eigenvalue weighted by Crippen LogP contribution is -2.22. The Morgan fingerprint density at radius 1 is 1.50 bits per heavy atom. The van der Waals surface area contributed by atoms with E-state index in [4.69, 9.17) is 10.5 Å². The van der Waals surface area contributed by atoms with Crippen LogP contribution in [0.25, 0.3) is 0 Å². The molecule has 2 rings (SSSR count). The number of aromatic nitrogens is 1. The Kier molecular flexibility index (Phi) is 9.25. The number of hydrogen-bond acceptors (Lipinski definition) is 5. The summed E-state index contributed by atoms with van der Waals surface area (Å²) < 4.78 is 6.26. The van der Waals surface area contributed by atoms with Gasteiger partial charge in [0, 0.05) is 35.6 Å². The maximum atomic E-state index is 5.86. The third kappa shape index (κ3) is 6.84. The topological polar surface area (TPSA) is 72.5 Å². The molecule has 0 aliphatic heterocycles. The second-order valence-electron chi connectivity index (χ2n) is 4.12. The number of anilines is 1. The van der Waals surface area contributed by atoms with E-state index >= 15 is 0 Å². The summed E-state index contributed by atoms with van der Waals surface area (Å²) in [6.07, 6.45) is 2.78. The number of nitrogens with zero attached hydrogens (tertiary/aromatic N) is 2. The van der Waals surface area contributed by atoms with E-state index in [-0.39, 0.29) is 24.0 Å². The molecule has 0 radical (unpaired) electrons. The van der Waals surface area contributed by atoms with Gasteiger partial charge in [-0.25, -0.2) is 4.98 Å². The standard InChI is InChI=1S/C14H18N4OS2.HI/c1-19-12-5-2-4-11(10-12)18-13(15)16-6-3-8-20-14-17-7-9-21-14;/h2,4-5,7,9-10H,3,6,8H2,1H3,(H3,15,16,18);1H. The van der Waals surface area contributed by atoms with Crippen LogP contribution in [0.2, 0.25) is 0 Å². The second kappa shape index (κ2) is 10.7. The van der Waals surface area contributed by atoms with Crippen molar-refractivity contribution in [2.24, 2.45) is 10.7 Å². The van der Waals surface area contributed by atoms with E-state index in [1.165, 1.54) is 0 Å². The molecule has 8 heteroatoms. The highest BCUT2D eigenvalue weighted by atomic mass is 127. The van der Waals surface area contributed by atoms with Gasteiger partial charge in [0.05, 0.1) is 7.11 Å². The summed E-state index contributed by atoms with van der Waals surface area (Å²) >= 11 is 3.41. The first-order valence-corrected chi connectivity index (χ1v) is 8.38. The first-order chi connectivity index (χ1) is 10.3. The highest BCUT2D eigenvalue weighted by molar-refractivity contribution is 14.0. The van der Waals surface area contributed by atoms with Crippen LogP contribution in [-0.2, 0) is 0 Å². The summed E-state index contributed by atoms with van der Waals surface area (Å²) in [5.74, 6) is 2.19. The van der Waals surface area contributed by atoms with E-state index in [1.54, 1.807) is 30.2 Å². The van der Waals surface area contributed by atoms with Crippen LogP contribution in [0.4, 0.5) is 5.69 Å². The fourth-order valence-electron chi connectivity index (χ4n) is 1.59. The molecule has 0 saturated heterocycles. The second-order valence-corrected chi connectivity index (χ2v) is 6.36. The van der Waals surface area contributed by atoms with Crippen molar-refractivity contribution < 1.29 is 4.74 Å². The predicted octanol–water partition coefficient (Wildman–Crippen LogP) is 3.68. The van der Waals surface area contributed by atoms with Crippen LogP contribution in [0.5, 0.6) is 5.75 Å². The van der Waals surface area contributed by atoms with Crippen molar-refractivity contribution >= 4 is 58.7 Å². The number of thioether (sulfide) groups is 1. The lowest BCUT2D eigenvalue weighted by atomic mass is 10.3. The van der Waals surface area contributed by atoms with E-state index < -0.39 is 0 Å². The molecule has 1 aromatic heterocycles. The van der Waals surface area contributed by atoms with Crippen LogP contribution in [-0.4, -0.2) is 30.4 Å². The van der Waals surface area contributed by atoms with Gasteiger partial charge in [-0.3, -0.25) is 4.99 Å². The highest BCUT2D eigenvalue weighted by Crippen LogP contribution is 2.20. The number of thiazole rings is 1. The van der Waals surface area contributed by atoms with E-state index in [1.807, 2.05) is 35.8 Å². The summed E-state index contributed by atoms with van der Waals surface area (Å²) in [5, 5.41) is 5.03. The largest absolute Gasteiger partial charge is 0.497 e. The van der Waals surface area contributed by atoms with Gasteiger partial charge in [-0.05, 0) is 18.6 Å². The van der Waals surface area contributed by atoms with Crippen molar-refractivity contribution in [3.63, 3.8) is 0 Å². The van der Waals surface area contributed by atoms with Crippen LogP contribution >= 0.6 is 47.1 Å². The van der Waals surface area contributed by atoms with Gasteiger partial charge in [0.15, 0.2) is 5.96 Å². The van der Waals surface area contributed by atoms with Crippen molar-refractivity contribution in [3.8, 4) is 5.75 Å². The maximum absolute atomic E-state index is 5.86. The van der Waals surface area contributed by atoms with Gasteiger partial charge in [-0.1, -0.05) is 17.8 Å². The van der Waals surface area contributed by atoms with Gasteiger partial charge in [-0.15, -0.1) is 35.3 Å².